The van der Waals surface area contributed by atoms with Crippen molar-refractivity contribution < 1.29 is 4.65 Å². The molecule has 1 aliphatic rings. The zero-order chi connectivity index (χ0) is 6.85. The van der Waals surface area contributed by atoms with E-state index < -0.39 is 6.33 Å². The average molecular weight is 183 g/mol. The fourth-order valence-electron chi connectivity index (χ4n) is 0.420. The minimum Gasteiger partial charge on any atom is -0.534 e. The molecule has 0 radical (unpaired) electrons. The minimum absolute atomic E-state index is 0.152. The fraction of sp³-hybridized carbons (Fsp3) is 0. The summed E-state index contributed by atoms with van der Waals surface area (Å²) in [6, 6.07) is 0. The second-order valence-electron chi connectivity index (χ2n) is 1.45. The summed E-state index contributed by atoms with van der Waals surface area (Å²) in [5.41, 5.74) is 0. The van der Waals surface area contributed by atoms with Crippen LogP contribution in [0.4, 0.5) is 0 Å². The van der Waals surface area contributed by atoms with Crippen LogP contribution >= 0.6 is 34.7 Å². The van der Waals surface area contributed by atoms with Crippen molar-refractivity contribution in [2.24, 2.45) is 0 Å². The Kier molecular flexibility index (Phi) is 2.33. The van der Waals surface area contributed by atoms with Crippen molar-refractivity contribution in [1.82, 2.24) is 0 Å². The second kappa shape index (κ2) is 2.87. The fourth-order valence-corrected chi connectivity index (χ4v) is 0.904. The zero-order valence-electron chi connectivity index (χ0n) is 4.27. The first-order valence-electron chi connectivity index (χ1n) is 2.24. The summed E-state index contributed by atoms with van der Waals surface area (Å²) in [7, 11) is 0. The molecule has 0 aromatic carbocycles. The molecule has 0 aliphatic carbocycles. The molecule has 0 fully saturated rings. The van der Waals surface area contributed by atoms with Crippen LogP contribution < -0.4 is 0 Å². The van der Waals surface area contributed by atoms with Crippen molar-refractivity contribution in [3.8, 4) is 0 Å². The van der Waals surface area contributed by atoms with E-state index in [2.05, 4.69) is 0 Å². The number of halogens is 3. The van der Waals surface area contributed by atoms with Crippen molar-refractivity contribution in [3.05, 3.63) is 22.3 Å². The Morgan fingerprint density at radius 2 is 2.11 bits per heavy atom. The normalized spacial score (nSPS) is 18.3. The monoisotopic (exact) mass is 182 g/mol. The molecule has 0 N–H and O–H groups in total. The number of allylic oxidation sites excluding steroid dienone is 2. The molecule has 0 atom stereocenters. The van der Waals surface area contributed by atoms with E-state index in [9.17, 15) is 0 Å². The topological polar surface area (TPSA) is 9.23 Å². The molecule has 1 heterocycles. The lowest BCUT2D eigenvalue weighted by Gasteiger charge is -2.09. The van der Waals surface area contributed by atoms with E-state index in [0.29, 0.717) is 5.03 Å². The molecule has 0 unspecified atom stereocenters. The van der Waals surface area contributed by atoms with Crippen LogP contribution in [0.1, 0.15) is 0 Å². The standard InChI is InChI=1S/C4H2BCl3O/c6-3-1-2-5(8)9-4(3)7/h1-2H. The van der Waals surface area contributed by atoms with Crippen molar-refractivity contribution in [3.63, 3.8) is 0 Å². The third-order valence-corrected chi connectivity index (χ3v) is 1.72. The third-order valence-electron chi connectivity index (χ3n) is 0.798. The molecule has 0 aromatic rings. The van der Waals surface area contributed by atoms with Crippen molar-refractivity contribution in [1.29, 1.82) is 0 Å². The smallest absolute Gasteiger partial charge is 0.493 e. The van der Waals surface area contributed by atoms with E-state index in [1.54, 1.807) is 12.1 Å². The predicted octanol–water partition coefficient (Wildman–Crippen LogP) is 2.49. The van der Waals surface area contributed by atoms with E-state index in [1.807, 2.05) is 0 Å². The van der Waals surface area contributed by atoms with Crippen LogP contribution in [0.15, 0.2) is 22.3 Å². The lowest BCUT2D eigenvalue weighted by Crippen LogP contribution is -2.08. The van der Waals surface area contributed by atoms with Gasteiger partial charge >= 0.3 is 6.33 Å². The first-order valence-corrected chi connectivity index (χ1v) is 3.43. The maximum Gasteiger partial charge on any atom is 0.493 e. The van der Waals surface area contributed by atoms with Gasteiger partial charge < -0.3 is 4.65 Å². The van der Waals surface area contributed by atoms with Crippen LogP contribution in [0.3, 0.4) is 0 Å². The zero-order valence-corrected chi connectivity index (χ0v) is 6.54. The molecule has 0 spiro atoms. The molecule has 0 bridgehead atoms. The van der Waals surface area contributed by atoms with Crippen LogP contribution in [0.5, 0.6) is 0 Å². The van der Waals surface area contributed by atoms with E-state index in [0.717, 1.165) is 0 Å². The Morgan fingerprint density at radius 1 is 1.44 bits per heavy atom. The van der Waals surface area contributed by atoms with Crippen LogP contribution in [-0.2, 0) is 4.65 Å². The Morgan fingerprint density at radius 3 is 2.56 bits per heavy atom. The summed E-state index contributed by atoms with van der Waals surface area (Å²) in [5.74, 6) is 1.61. The Labute approximate surface area is 68.2 Å². The summed E-state index contributed by atoms with van der Waals surface area (Å²) < 4.78 is 4.79. The molecule has 0 saturated carbocycles. The molecule has 0 saturated heterocycles. The van der Waals surface area contributed by atoms with Gasteiger partial charge in [0, 0.05) is 0 Å². The van der Waals surface area contributed by atoms with Gasteiger partial charge in [0.2, 0.25) is 0 Å². The summed E-state index contributed by atoms with van der Waals surface area (Å²) in [6.45, 7) is 0. The van der Waals surface area contributed by atoms with Gasteiger partial charge in [0.1, 0.15) is 0 Å². The molecule has 0 amide bonds. The molecule has 5 heteroatoms. The van der Waals surface area contributed by atoms with Gasteiger partial charge in [0.25, 0.3) is 0 Å². The summed E-state index contributed by atoms with van der Waals surface area (Å²) in [5, 5.41) is 0.535. The van der Waals surface area contributed by atoms with Gasteiger partial charge in [-0.15, -0.1) is 11.5 Å². The molecule has 1 nitrogen and oxygen atoms in total. The Bertz CT molecular complexity index is 177. The predicted molar refractivity (Wildman–Crippen MR) is 40.6 cm³/mol. The highest BCUT2D eigenvalue weighted by Crippen LogP contribution is 2.22. The third kappa shape index (κ3) is 1.82. The average Bonchev–Trinajstić information content (AvgIpc) is 1.80. The highest BCUT2D eigenvalue weighted by molar-refractivity contribution is 7.06. The Hall–Kier alpha value is 0.215. The van der Waals surface area contributed by atoms with Gasteiger partial charge in [0.05, 0.1) is 5.03 Å². The minimum atomic E-state index is -0.486. The maximum absolute atomic E-state index is 5.51. The first-order chi connectivity index (χ1) is 4.20. The molecule has 9 heavy (non-hydrogen) atoms. The van der Waals surface area contributed by atoms with Crippen LogP contribution in [0.2, 0.25) is 0 Å². The number of hydrogen-bond donors (Lipinski definition) is 0. The summed E-state index contributed by atoms with van der Waals surface area (Å²) in [4.78, 5) is 0. The van der Waals surface area contributed by atoms with Gasteiger partial charge in [-0.2, -0.15) is 0 Å². The highest BCUT2D eigenvalue weighted by Gasteiger charge is 2.16. The molecule has 1 rings (SSSR count). The summed E-state index contributed by atoms with van der Waals surface area (Å²) in [6.07, 6.45) is 1.12. The summed E-state index contributed by atoms with van der Waals surface area (Å²) >= 11 is 16.5. The quantitative estimate of drug-likeness (QED) is 0.524. The highest BCUT2D eigenvalue weighted by atomic mass is 35.5. The van der Waals surface area contributed by atoms with Crippen LogP contribution in [-0.4, -0.2) is 6.33 Å². The Balaban J connectivity index is 2.75. The van der Waals surface area contributed by atoms with Gasteiger partial charge in [-0.3, -0.25) is 0 Å². The molecular weight excluding hydrogens is 181 g/mol. The van der Waals surface area contributed by atoms with Crippen molar-refractivity contribution in [2.75, 3.05) is 0 Å². The second-order valence-corrected chi connectivity index (χ2v) is 2.63. The van der Waals surface area contributed by atoms with E-state index in [-0.39, 0.29) is 5.22 Å². The number of rotatable bonds is 0. The maximum atomic E-state index is 5.51. The molecule has 48 valence electrons. The van der Waals surface area contributed by atoms with Crippen LogP contribution in [0, 0.1) is 0 Å². The van der Waals surface area contributed by atoms with Crippen molar-refractivity contribution >= 4 is 41.0 Å². The molecular formula is C4H2BCl3O. The first kappa shape index (κ1) is 7.32. The van der Waals surface area contributed by atoms with E-state index in [1.165, 1.54) is 0 Å². The number of hydrogen-bond acceptors (Lipinski definition) is 1. The van der Waals surface area contributed by atoms with Gasteiger partial charge in [-0.1, -0.05) is 17.6 Å². The van der Waals surface area contributed by atoms with E-state index >= 15 is 0 Å². The van der Waals surface area contributed by atoms with Crippen molar-refractivity contribution in [2.45, 2.75) is 0 Å². The SMILES string of the molecule is ClB1C=CC(Cl)=C(Cl)O1. The largest absolute Gasteiger partial charge is 0.534 e. The molecule has 0 aromatic heterocycles. The van der Waals surface area contributed by atoms with E-state index in [4.69, 9.17) is 39.3 Å². The molecule has 1 aliphatic heterocycles. The lowest BCUT2D eigenvalue weighted by atomic mass is 9.98. The van der Waals surface area contributed by atoms with Gasteiger partial charge in [-0.25, -0.2) is 0 Å². The van der Waals surface area contributed by atoms with Crippen LogP contribution in [0.25, 0.3) is 0 Å². The van der Waals surface area contributed by atoms with Gasteiger partial charge in [-0.05, 0) is 17.7 Å². The van der Waals surface area contributed by atoms with Gasteiger partial charge in [0.15, 0.2) is 5.22 Å². The lowest BCUT2D eigenvalue weighted by molar-refractivity contribution is 0.491.